The molecule has 0 aromatic rings. The minimum atomic E-state index is 1.17. The molecule has 0 N–H and O–H groups in total. The van der Waals surface area contributed by atoms with Crippen molar-refractivity contribution >= 4 is 0 Å². The van der Waals surface area contributed by atoms with Crippen LogP contribution in [0.2, 0.25) is 0 Å². The zero-order valence-electron chi connectivity index (χ0n) is 7.97. The molecule has 0 radical (unpaired) electrons. The van der Waals surface area contributed by atoms with Crippen LogP contribution in [0.15, 0.2) is 0 Å². The van der Waals surface area contributed by atoms with Gasteiger partial charge < -0.3 is 0 Å². The van der Waals surface area contributed by atoms with Crippen LogP contribution < -0.4 is 0 Å². The highest BCUT2D eigenvalue weighted by Gasteiger charge is 2.43. The van der Waals surface area contributed by atoms with Crippen molar-refractivity contribution < 1.29 is 0 Å². The molecule has 0 aromatic heterocycles. The molecule has 0 heteroatoms. The predicted octanol–water partition coefficient (Wildman–Crippen LogP) is 3.61. The van der Waals surface area contributed by atoms with Crippen LogP contribution in [0.4, 0.5) is 0 Å². The monoisotopic (exact) mass is 164 g/mol. The highest BCUT2D eigenvalue weighted by atomic mass is 14.5. The Balaban J connectivity index is 1.81. The average Bonchev–Trinajstić information content (AvgIpc) is 2.71. The van der Waals surface area contributed by atoms with Gasteiger partial charge in [-0.3, -0.25) is 0 Å². The zero-order chi connectivity index (χ0) is 7.97. The van der Waals surface area contributed by atoms with Crippen molar-refractivity contribution in [3.63, 3.8) is 0 Å². The second-order valence-corrected chi connectivity index (χ2v) is 5.29. The van der Waals surface area contributed by atoms with Crippen LogP contribution in [0.5, 0.6) is 0 Å². The molecular weight excluding hydrogens is 144 g/mol. The summed E-state index contributed by atoms with van der Waals surface area (Å²) in [4.78, 5) is 0. The number of rotatable bonds is 0. The van der Waals surface area contributed by atoms with Gasteiger partial charge >= 0.3 is 0 Å². The van der Waals surface area contributed by atoms with Gasteiger partial charge in [-0.05, 0) is 49.4 Å². The Morgan fingerprint density at radius 1 is 0.500 bits per heavy atom. The van der Waals surface area contributed by atoms with Crippen molar-refractivity contribution in [3.05, 3.63) is 0 Å². The van der Waals surface area contributed by atoms with E-state index < -0.39 is 0 Å². The minimum absolute atomic E-state index is 1.17. The zero-order valence-corrected chi connectivity index (χ0v) is 7.97. The van der Waals surface area contributed by atoms with Gasteiger partial charge in [0.25, 0.3) is 0 Å². The Bertz CT molecular complexity index is 153. The van der Waals surface area contributed by atoms with Gasteiger partial charge in [-0.15, -0.1) is 0 Å². The second kappa shape index (κ2) is 2.75. The number of hydrogen-bond donors (Lipinski definition) is 0. The fourth-order valence-electron chi connectivity index (χ4n) is 4.40. The summed E-state index contributed by atoms with van der Waals surface area (Å²) in [6.45, 7) is 0. The fraction of sp³-hybridized carbons (Fsp3) is 1.00. The molecule has 3 aliphatic carbocycles. The summed E-state index contributed by atoms with van der Waals surface area (Å²) in [7, 11) is 0. The lowest BCUT2D eigenvalue weighted by Gasteiger charge is -2.36. The van der Waals surface area contributed by atoms with E-state index in [4.69, 9.17) is 0 Å². The highest BCUT2D eigenvalue weighted by Crippen LogP contribution is 2.53. The first-order chi connectivity index (χ1) is 5.95. The summed E-state index contributed by atoms with van der Waals surface area (Å²) >= 11 is 0. The molecule has 0 heterocycles. The van der Waals surface area contributed by atoms with Gasteiger partial charge in [0.05, 0.1) is 0 Å². The molecule has 3 rings (SSSR count). The summed E-state index contributed by atoms with van der Waals surface area (Å²) in [5, 5.41) is 0. The first-order valence-corrected chi connectivity index (χ1v) is 5.95. The van der Waals surface area contributed by atoms with Crippen molar-refractivity contribution in [1.29, 1.82) is 0 Å². The molecule has 0 amide bonds. The lowest BCUT2D eigenvalue weighted by atomic mass is 9.69. The topological polar surface area (TPSA) is 0 Å². The van der Waals surface area contributed by atoms with Crippen LogP contribution in [0.25, 0.3) is 0 Å². The second-order valence-electron chi connectivity index (χ2n) is 5.29. The summed E-state index contributed by atoms with van der Waals surface area (Å²) in [6.07, 6.45) is 12.6. The van der Waals surface area contributed by atoms with Crippen molar-refractivity contribution in [2.24, 2.45) is 23.7 Å². The summed E-state index contributed by atoms with van der Waals surface area (Å²) in [5.41, 5.74) is 0. The Kier molecular flexibility index (Phi) is 1.70. The molecule has 0 nitrogen and oxygen atoms in total. The number of fused-ring (bicyclic) bond motifs is 3. The smallest absolute Gasteiger partial charge is 0.0355 e. The largest absolute Gasteiger partial charge is 0.0527 e. The Labute approximate surface area is 75.7 Å². The van der Waals surface area contributed by atoms with Crippen LogP contribution in [0, 0.1) is 23.7 Å². The third-order valence-corrected chi connectivity index (χ3v) is 4.89. The number of hydrogen-bond acceptors (Lipinski definition) is 0. The molecule has 0 aliphatic heterocycles. The fourth-order valence-corrected chi connectivity index (χ4v) is 4.40. The quantitative estimate of drug-likeness (QED) is 0.513. The SMILES string of the molecule is C1CC2[C@@H](C1)CC[C@H]1CCC[C@@H]21. The van der Waals surface area contributed by atoms with Crippen LogP contribution in [0.3, 0.4) is 0 Å². The van der Waals surface area contributed by atoms with E-state index in [0.717, 1.165) is 0 Å². The standard InChI is InChI=1S/C12H20/c1-3-9-7-8-10-4-2-6-12(10)11(9)5-1/h9-12H,1-8H2/t9-,10+,11-,12?/m1/s1. The van der Waals surface area contributed by atoms with Gasteiger partial charge in [-0.25, -0.2) is 0 Å². The van der Waals surface area contributed by atoms with E-state index in [0.29, 0.717) is 0 Å². The molecule has 3 fully saturated rings. The van der Waals surface area contributed by atoms with Crippen molar-refractivity contribution in [2.45, 2.75) is 51.4 Å². The molecule has 0 bridgehead atoms. The minimum Gasteiger partial charge on any atom is -0.0527 e. The molecular formula is C12H20. The first-order valence-electron chi connectivity index (χ1n) is 5.95. The molecule has 0 spiro atoms. The van der Waals surface area contributed by atoms with E-state index in [1.54, 1.807) is 51.4 Å². The van der Waals surface area contributed by atoms with Crippen molar-refractivity contribution in [1.82, 2.24) is 0 Å². The van der Waals surface area contributed by atoms with Crippen LogP contribution in [-0.2, 0) is 0 Å². The van der Waals surface area contributed by atoms with Gasteiger partial charge in [0.15, 0.2) is 0 Å². The lowest BCUT2D eigenvalue weighted by molar-refractivity contribution is 0.136. The summed E-state index contributed by atoms with van der Waals surface area (Å²) in [6, 6.07) is 0. The predicted molar refractivity (Wildman–Crippen MR) is 50.9 cm³/mol. The Morgan fingerprint density at radius 3 is 1.50 bits per heavy atom. The van der Waals surface area contributed by atoms with E-state index in [9.17, 15) is 0 Å². The molecule has 1 unspecified atom stereocenters. The van der Waals surface area contributed by atoms with E-state index in [-0.39, 0.29) is 0 Å². The molecule has 0 saturated heterocycles. The Hall–Kier alpha value is 0. The third kappa shape index (κ3) is 0.963. The van der Waals surface area contributed by atoms with Crippen LogP contribution >= 0.6 is 0 Å². The molecule has 68 valence electrons. The van der Waals surface area contributed by atoms with E-state index in [1.807, 2.05) is 0 Å². The average molecular weight is 164 g/mol. The first kappa shape index (κ1) is 7.41. The van der Waals surface area contributed by atoms with Gasteiger partial charge in [0.1, 0.15) is 0 Å². The maximum atomic E-state index is 1.59. The molecule has 3 aliphatic rings. The van der Waals surface area contributed by atoms with Gasteiger partial charge in [-0.2, -0.15) is 0 Å². The molecule has 0 aromatic carbocycles. The van der Waals surface area contributed by atoms with Gasteiger partial charge in [-0.1, -0.05) is 25.7 Å². The Morgan fingerprint density at radius 2 is 1.00 bits per heavy atom. The van der Waals surface area contributed by atoms with E-state index >= 15 is 0 Å². The van der Waals surface area contributed by atoms with Crippen molar-refractivity contribution in [3.8, 4) is 0 Å². The van der Waals surface area contributed by atoms with E-state index in [2.05, 4.69) is 0 Å². The summed E-state index contributed by atoms with van der Waals surface area (Å²) < 4.78 is 0. The summed E-state index contributed by atoms with van der Waals surface area (Å²) in [5.74, 6) is 4.71. The van der Waals surface area contributed by atoms with Crippen molar-refractivity contribution in [2.75, 3.05) is 0 Å². The molecule has 4 atom stereocenters. The van der Waals surface area contributed by atoms with Gasteiger partial charge in [0.2, 0.25) is 0 Å². The van der Waals surface area contributed by atoms with Crippen LogP contribution in [-0.4, -0.2) is 0 Å². The maximum Gasteiger partial charge on any atom is -0.0355 e. The highest BCUT2D eigenvalue weighted by molar-refractivity contribution is 4.93. The third-order valence-electron chi connectivity index (χ3n) is 4.89. The molecule has 3 saturated carbocycles. The maximum absolute atomic E-state index is 1.59. The van der Waals surface area contributed by atoms with Gasteiger partial charge in [0, 0.05) is 0 Å². The van der Waals surface area contributed by atoms with E-state index in [1.165, 1.54) is 23.7 Å². The molecule has 12 heavy (non-hydrogen) atoms. The normalized spacial score (nSPS) is 52.0. The lowest BCUT2D eigenvalue weighted by Crippen LogP contribution is -2.28. The van der Waals surface area contributed by atoms with Crippen LogP contribution in [0.1, 0.15) is 51.4 Å².